The molecule has 1 unspecified atom stereocenters. The lowest BCUT2D eigenvalue weighted by molar-refractivity contribution is 0.0742. The van der Waals surface area contributed by atoms with Gasteiger partial charge in [0.25, 0.3) is 5.91 Å². The second-order valence-electron chi connectivity index (χ2n) is 6.37. The quantitative estimate of drug-likeness (QED) is 0.794. The van der Waals surface area contributed by atoms with Crippen LogP contribution >= 0.6 is 0 Å². The van der Waals surface area contributed by atoms with E-state index in [1.807, 2.05) is 70.0 Å². The zero-order valence-electron chi connectivity index (χ0n) is 15.2. The van der Waals surface area contributed by atoms with Crippen LogP contribution in [-0.4, -0.2) is 37.8 Å². The molecule has 1 aromatic carbocycles. The van der Waals surface area contributed by atoms with Gasteiger partial charge in [0, 0.05) is 42.7 Å². The van der Waals surface area contributed by atoms with Gasteiger partial charge in [0.05, 0.1) is 17.9 Å². The maximum atomic E-state index is 13.0. The topological polar surface area (TPSA) is 66.8 Å². The zero-order valence-corrected chi connectivity index (χ0v) is 15.2. The van der Waals surface area contributed by atoms with Gasteiger partial charge < -0.3 is 4.90 Å². The number of aromatic nitrogens is 4. The Morgan fingerprint density at radius 2 is 2.04 bits per heavy atom. The number of rotatable bonds is 4. The molecule has 0 bridgehead atoms. The molecule has 1 amide bonds. The third-order valence-electron chi connectivity index (χ3n) is 4.83. The van der Waals surface area contributed by atoms with Gasteiger partial charge in [-0.3, -0.25) is 14.6 Å². The molecule has 0 fully saturated rings. The molecule has 0 saturated heterocycles. The number of hydrogen-bond acceptors (Lipinski definition) is 3. The summed E-state index contributed by atoms with van der Waals surface area (Å²) >= 11 is 0. The molecule has 0 aliphatic rings. The first-order chi connectivity index (χ1) is 11.9. The minimum atomic E-state index is -0.0567. The van der Waals surface area contributed by atoms with Crippen molar-refractivity contribution in [1.29, 1.82) is 0 Å². The summed E-state index contributed by atoms with van der Waals surface area (Å²) < 4.78 is 1.86. The Morgan fingerprint density at radius 1 is 1.28 bits per heavy atom. The summed E-state index contributed by atoms with van der Waals surface area (Å²) in [5, 5.41) is 11.2. The van der Waals surface area contributed by atoms with E-state index in [4.69, 9.17) is 0 Å². The number of benzene rings is 1. The van der Waals surface area contributed by atoms with Crippen LogP contribution in [0.15, 0.2) is 36.7 Å². The van der Waals surface area contributed by atoms with Crippen LogP contribution in [0.4, 0.5) is 0 Å². The lowest BCUT2D eigenvalue weighted by Crippen LogP contribution is -2.30. The number of carbonyl (C=O) groups excluding carboxylic acids is 1. The number of aryl methyl sites for hydroxylation is 2. The SMILES string of the molecule is Cc1nn(C)c(C)c1C(C)N(C)C(=O)c1cccc(-c2cn[nH]c2)c1. The number of hydrogen-bond donors (Lipinski definition) is 1. The Labute approximate surface area is 147 Å². The van der Waals surface area contributed by atoms with Crippen LogP contribution in [0, 0.1) is 13.8 Å². The average Bonchev–Trinajstić information content (AvgIpc) is 3.22. The number of carbonyl (C=O) groups is 1. The van der Waals surface area contributed by atoms with E-state index in [9.17, 15) is 4.79 Å². The van der Waals surface area contributed by atoms with Crippen LogP contribution in [-0.2, 0) is 7.05 Å². The lowest BCUT2D eigenvalue weighted by Gasteiger charge is -2.26. The highest BCUT2D eigenvalue weighted by Gasteiger charge is 2.24. The van der Waals surface area contributed by atoms with E-state index >= 15 is 0 Å². The van der Waals surface area contributed by atoms with Crippen molar-refractivity contribution in [1.82, 2.24) is 24.9 Å². The van der Waals surface area contributed by atoms with Crippen molar-refractivity contribution in [2.24, 2.45) is 7.05 Å². The summed E-state index contributed by atoms with van der Waals surface area (Å²) in [6.07, 6.45) is 3.57. The summed E-state index contributed by atoms with van der Waals surface area (Å²) in [4.78, 5) is 14.8. The minimum absolute atomic E-state index is 0.0134. The highest BCUT2D eigenvalue weighted by molar-refractivity contribution is 5.95. The standard InChI is InChI=1S/C19H23N5O/c1-12-18(14(3)24(5)22-12)13(2)23(4)19(25)16-8-6-7-15(9-16)17-10-20-21-11-17/h6-11,13H,1-5H3,(H,20,21). The third-order valence-corrected chi connectivity index (χ3v) is 4.83. The average molecular weight is 337 g/mol. The number of amides is 1. The normalized spacial score (nSPS) is 12.2. The van der Waals surface area contributed by atoms with Crippen molar-refractivity contribution < 1.29 is 4.79 Å². The minimum Gasteiger partial charge on any atom is -0.335 e. The maximum Gasteiger partial charge on any atom is 0.254 e. The van der Waals surface area contributed by atoms with E-state index < -0.39 is 0 Å². The van der Waals surface area contributed by atoms with Gasteiger partial charge in [-0.05, 0) is 38.5 Å². The smallest absolute Gasteiger partial charge is 0.254 e. The first-order valence-electron chi connectivity index (χ1n) is 8.26. The molecule has 3 rings (SSSR count). The van der Waals surface area contributed by atoms with Gasteiger partial charge >= 0.3 is 0 Å². The predicted molar refractivity (Wildman–Crippen MR) is 97.2 cm³/mol. The Bertz CT molecular complexity index is 895. The summed E-state index contributed by atoms with van der Waals surface area (Å²) in [5.74, 6) is -0.0134. The monoisotopic (exact) mass is 337 g/mol. The molecule has 3 aromatic rings. The van der Waals surface area contributed by atoms with Crippen LogP contribution in [0.3, 0.4) is 0 Å². The highest BCUT2D eigenvalue weighted by atomic mass is 16.2. The van der Waals surface area contributed by atoms with Crippen LogP contribution in [0.2, 0.25) is 0 Å². The largest absolute Gasteiger partial charge is 0.335 e. The van der Waals surface area contributed by atoms with E-state index in [0.29, 0.717) is 5.56 Å². The lowest BCUT2D eigenvalue weighted by atomic mass is 10.0. The molecule has 6 heteroatoms. The molecule has 1 atom stereocenters. The third kappa shape index (κ3) is 3.07. The maximum absolute atomic E-state index is 13.0. The molecular weight excluding hydrogens is 314 g/mol. The van der Waals surface area contributed by atoms with Crippen molar-refractivity contribution in [2.75, 3.05) is 7.05 Å². The predicted octanol–water partition coefficient (Wildman–Crippen LogP) is 3.26. The molecule has 0 aliphatic carbocycles. The summed E-state index contributed by atoms with van der Waals surface area (Å²) in [6, 6.07) is 7.56. The van der Waals surface area contributed by atoms with E-state index in [0.717, 1.165) is 28.1 Å². The summed E-state index contributed by atoms with van der Waals surface area (Å²) in [5.41, 5.74) is 5.73. The highest BCUT2D eigenvalue weighted by Crippen LogP contribution is 2.27. The van der Waals surface area contributed by atoms with Gasteiger partial charge in [-0.1, -0.05) is 12.1 Å². The Hall–Kier alpha value is -2.89. The Balaban J connectivity index is 1.89. The van der Waals surface area contributed by atoms with Crippen LogP contribution in [0.5, 0.6) is 0 Å². The van der Waals surface area contributed by atoms with E-state index in [1.54, 1.807) is 11.1 Å². The molecule has 2 aromatic heterocycles. The Morgan fingerprint density at radius 3 is 2.64 bits per heavy atom. The van der Waals surface area contributed by atoms with Crippen molar-refractivity contribution in [3.8, 4) is 11.1 Å². The van der Waals surface area contributed by atoms with Crippen molar-refractivity contribution in [3.63, 3.8) is 0 Å². The molecular formula is C19H23N5O. The second kappa shape index (κ2) is 6.55. The van der Waals surface area contributed by atoms with E-state index in [2.05, 4.69) is 15.3 Å². The van der Waals surface area contributed by atoms with Gasteiger partial charge in [-0.2, -0.15) is 10.2 Å². The molecule has 2 heterocycles. The second-order valence-corrected chi connectivity index (χ2v) is 6.37. The molecule has 130 valence electrons. The van der Waals surface area contributed by atoms with Crippen LogP contribution in [0.1, 0.15) is 40.3 Å². The van der Waals surface area contributed by atoms with Crippen molar-refractivity contribution in [3.05, 3.63) is 59.2 Å². The zero-order chi connectivity index (χ0) is 18.1. The molecule has 6 nitrogen and oxygen atoms in total. The van der Waals surface area contributed by atoms with Gasteiger partial charge in [-0.15, -0.1) is 0 Å². The number of nitrogens with one attached hydrogen (secondary N) is 1. The van der Waals surface area contributed by atoms with E-state index in [-0.39, 0.29) is 11.9 Å². The number of H-pyrrole nitrogens is 1. The molecule has 25 heavy (non-hydrogen) atoms. The van der Waals surface area contributed by atoms with Gasteiger partial charge in [0.15, 0.2) is 0 Å². The van der Waals surface area contributed by atoms with Crippen molar-refractivity contribution in [2.45, 2.75) is 26.8 Å². The number of aromatic amines is 1. The molecule has 1 N–H and O–H groups in total. The van der Waals surface area contributed by atoms with Gasteiger partial charge in [0.1, 0.15) is 0 Å². The molecule has 0 aliphatic heterocycles. The fourth-order valence-electron chi connectivity index (χ4n) is 3.21. The Kier molecular flexibility index (Phi) is 4.44. The first kappa shape index (κ1) is 17.0. The van der Waals surface area contributed by atoms with Gasteiger partial charge in [0.2, 0.25) is 0 Å². The molecule has 0 radical (unpaired) electrons. The fourth-order valence-corrected chi connectivity index (χ4v) is 3.21. The number of nitrogens with zero attached hydrogens (tertiary/aromatic N) is 4. The van der Waals surface area contributed by atoms with Crippen molar-refractivity contribution >= 4 is 5.91 Å². The summed E-state index contributed by atoms with van der Waals surface area (Å²) in [7, 11) is 3.76. The van der Waals surface area contributed by atoms with Gasteiger partial charge in [-0.25, -0.2) is 0 Å². The van der Waals surface area contributed by atoms with E-state index in [1.165, 1.54) is 0 Å². The summed E-state index contributed by atoms with van der Waals surface area (Å²) in [6.45, 7) is 6.05. The van der Waals surface area contributed by atoms with Crippen LogP contribution in [0.25, 0.3) is 11.1 Å². The molecule has 0 spiro atoms. The van der Waals surface area contributed by atoms with Crippen LogP contribution < -0.4 is 0 Å². The fraction of sp³-hybridized carbons (Fsp3) is 0.316. The molecule has 0 saturated carbocycles. The first-order valence-corrected chi connectivity index (χ1v) is 8.26.